The molecule has 1 saturated carbocycles. The number of benzene rings is 1. The molecule has 2 aromatic rings. The van der Waals surface area contributed by atoms with Crippen molar-refractivity contribution < 1.29 is 4.39 Å². The zero-order valence-electron chi connectivity index (χ0n) is 18.1. The summed E-state index contributed by atoms with van der Waals surface area (Å²) < 4.78 is 13.5. The quantitative estimate of drug-likeness (QED) is 0.518. The Morgan fingerprint density at radius 3 is 2.77 bits per heavy atom. The highest BCUT2D eigenvalue weighted by molar-refractivity contribution is 5.63. The van der Waals surface area contributed by atoms with Crippen molar-refractivity contribution in [2.75, 3.05) is 13.1 Å². The predicted molar refractivity (Wildman–Crippen MR) is 123 cm³/mol. The Balaban J connectivity index is 1.40. The molecule has 1 saturated heterocycles. The molecule has 1 aromatic carbocycles. The first-order valence-corrected chi connectivity index (χ1v) is 11.4. The number of hydrogen-bond donors (Lipinski definition) is 0. The highest BCUT2D eigenvalue weighted by atomic mass is 19.1. The van der Waals surface area contributed by atoms with E-state index in [1.54, 1.807) is 12.1 Å². The Labute approximate surface area is 180 Å². The summed E-state index contributed by atoms with van der Waals surface area (Å²) >= 11 is 0. The maximum absolute atomic E-state index is 13.5. The molecule has 158 valence electrons. The predicted octanol–water partition coefficient (Wildman–Crippen LogP) is 6.95. The number of likely N-dealkylation sites (tertiary alicyclic amines) is 1. The Kier molecular flexibility index (Phi) is 6.66. The highest BCUT2D eigenvalue weighted by Gasteiger charge is 2.31. The van der Waals surface area contributed by atoms with Gasteiger partial charge >= 0.3 is 0 Å². The lowest BCUT2D eigenvalue weighted by Crippen LogP contribution is -2.34. The van der Waals surface area contributed by atoms with Crippen LogP contribution >= 0.6 is 0 Å². The highest BCUT2D eigenvalue weighted by Crippen LogP contribution is 2.38. The van der Waals surface area contributed by atoms with Gasteiger partial charge in [-0.05, 0) is 73.3 Å². The molecule has 1 aliphatic heterocycles. The van der Waals surface area contributed by atoms with Gasteiger partial charge in [-0.1, -0.05) is 50.6 Å². The van der Waals surface area contributed by atoms with Crippen LogP contribution < -0.4 is 0 Å². The third kappa shape index (κ3) is 5.00. The summed E-state index contributed by atoms with van der Waals surface area (Å²) in [4.78, 5) is 7.12. The molecule has 0 spiro atoms. The third-order valence-corrected chi connectivity index (χ3v) is 6.95. The molecule has 2 fully saturated rings. The summed E-state index contributed by atoms with van der Waals surface area (Å²) in [5, 5.41) is 0. The van der Waals surface area contributed by atoms with Gasteiger partial charge in [-0.3, -0.25) is 4.98 Å². The van der Waals surface area contributed by atoms with Gasteiger partial charge < -0.3 is 4.90 Å². The van der Waals surface area contributed by atoms with E-state index in [2.05, 4.69) is 35.5 Å². The maximum atomic E-state index is 13.5. The molecule has 1 aliphatic carbocycles. The van der Waals surface area contributed by atoms with E-state index in [0.717, 1.165) is 28.7 Å². The van der Waals surface area contributed by atoms with Gasteiger partial charge in [0.25, 0.3) is 0 Å². The molecule has 3 atom stereocenters. The van der Waals surface area contributed by atoms with Crippen LogP contribution in [0.1, 0.15) is 51.1 Å². The Hall–Kier alpha value is -2.42. The zero-order valence-corrected chi connectivity index (χ0v) is 18.1. The Bertz CT molecular complexity index is 886. The number of rotatable bonds is 6. The van der Waals surface area contributed by atoms with E-state index in [0.29, 0.717) is 5.92 Å². The van der Waals surface area contributed by atoms with Crippen LogP contribution in [0, 0.1) is 23.6 Å². The number of pyridine rings is 1. The second kappa shape index (κ2) is 9.59. The third-order valence-electron chi connectivity index (χ3n) is 6.95. The lowest BCUT2D eigenvalue weighted by atomic mass is 9.72. The van der Waals surface area contributed by atoms with Gasteiger partial charge in [-0.15, -0.1) is 0 Å². The first-order chi connectivity index (χ1) is 14.6. The molecule has 4 rings (SSSR count). The molecule has 0 N–H and O–H groups in total. The van der Waals surface area contributed by atoms with Crippen LogP contribution in [0.2, 0.25) is 0 Å². The number of nitrogens with zero attached hydrogens (tertiary/aromatic N) is 2. The molecule has 1 aromatic heterocycles. The SMILES string of the molecule is C=C1CCCN1CC1CCCCC1C(C)/C=C/c1ccc(-c2cccc(F)c2)cn1. The molecule has 3 heteroatoms. The average Bonchev–Trinajstić information content (AvgIpc) is 3.17. The molecular formula is C27H33FN2. The van der Waals surface area contributed by atoms with Crippen molar-refractivity contribution in [1.29, 1.82) is 0 Å². The molecule has 0 bridgehead atoms. The second-order valence-electron chi connectivity index (χ2n) is 9.02. The van der Waals surface area contributed by atoms with E-state index in [9.17, 15) is 4.39 Å². The summed E-state index contributed by atoms with van der Waals surface area (Å²) in [7, 11) is 0. The van der Waals surface area contributed by atoms with E-state index >= 15 is 0 Å². The van der Waals surface area contributed by atoms with Crippen LogP contribution in [-0.2, 0) is 0 Å². The van der Waals surface area contributed by atoms with Crippen molar-refractivity contribution >= 4 is 6.08 Å². The first-order valence-electron chi connectivity index (χ1n) is 11.4. The summed E-state index contributed by atoms with van der Waals surface area (Å²) in [6.45, 7) is 9.00. The second-order valence-corrected chi connectivity index (χ2v) is 9.02. The van der Waals surface area contributed by atoms with Crippen molar-refractivity contribution in [2.45, 2.75) is 45.4 Å². The van der Waals surface area contributed by atoms with E-state index in [-0.39, 0.29) is 5.82 Å². The topological polar surface area (TPSA) is 16.1 Å². The molecule has 0 amide bonds. The van der Waals surface area contributed by atoms with Gasteiger partial charge in [0.2, 0.25) is 0 Å². The number of hydrogen-bond acceptors (Lipinski definition) is 2. The van der Waals surface area contributed by atoms with Crippen LogP contribution in [0.3, 0.4) is 0 Å². The van der Waals surface area contributed by atoms with Gasteiger partial charge in [0.1, 0.15) is 5.82 Å². The average molecular weight is 405 g/mol. The van der Waals surface area contributed by atoms with E-state index < -0.39 is 0 Å². The Morgan fingerprint density at radius 2 is 2.03 bits per heavy atom. The van der Waals surface area contributed by atoms with Crippen LogP contribution in [0.4, 0.5) is 4.39 Å². The largest absolute Gasteiger partial charge is 0.375 e. The fraction of sp³-hybridized carbons (Fsp3) is 0.444. The minimum atomic E-state index is -0.218. The van der Waals surface area contributed by atoms with Gasteiger partial charge in [0.15, 0.2) is 0 Å². The monoisotopic (exact) mass is 404 g/mol. The standard InChI is InChI=1S/C27H33FN2/c1-20(27-11-4-3-8-24(27)19-30-16-6-7-21(30)2)12-14-26-15-13-23(18-29-26)22-9-5-10-25(28)17-22/h5,9-10,12-15,17-18,20,24,27H,2-4,6-8,11,16,19H2,1H3/b14-12+. The lowest BCUT2D eigenvalue weighted by Gasteiger charge is -2.37. The summed E-state index contributed by atoms with van der Waals surface area (Å²) in [5.41, 5.74) is 4.10. The number of halogens is 1. The van der Waals surface area contributed by atoms with Crippen molar-refractivity contribution in [2.24, 2.45) is 17.8 Å². The van der Waals surface area contributed by atoms with Crippen LogP contribution in [0.15, 0.2) is 60.9 Å². The number of allylic oxidation sites excluding steroid dienone is 2. The van der Waals surface area contributed by atoms with Crippen LogP contribution in [-0.4, -0.2) is 23.0 Å². The van der Waals surface area contributed by atoms with Gasteiger partial charge in [-0.2, -0.15) is 0 Å². The van der Waals surface area contributed by atoms with Crippen molar-refractivity contribution in [3.8, 4) is 11.1 Å². The first kappa shape index (κ1) is 20.8. The normalized spacial score (nSPS) is 23.3. The van der Waals surface area contributed by atoms with Gasteiger partial charge in [-0.25, -0.2) is 4.39 Å². The smallest absolute Gasteiger partial charge is 0.123 e. The van der Waals surface area contributed by atoms with E-state index in [1.807, 2.05) is 24.4 Å². The van der Waals surface area contributed by atoms with Crippen molar-refractivity contribution in [3.05, 3.63) is 72.5 Å². The zero-order chi connectivity index (χ0) is 20.9. The van der Waals surface area contributed by atoms with E-state index in [4.69, 9.17) is 0 Å². The number of aromatic nitrogens is 1. The van der Waals surface area contributed by atoms with E-state index in [1.165, 1.54) is 63.4 Å². The molecule has 2 nitrogen and oxygen atoms in total. The lowest BCUT2D eigenvalue weighted by molar-refractivity contribution is 0.155. The summed E-state index contributed by atoms with van der Waals surface area (Å²) in [6.07, 6.45) is 14.1. The van der Waals surface area contributed by atoms with Gasteiger partial charge in [0, 0.05) is 30.5 Å². The fourth-order valence-electron chi connectivity index (χ4n) is 5.18. The minimum Gasteiger partial charge on any atom is -0.375 e. The van der Waals surface area contributed by atoms with Crippen molar-refractivity contribution in [3.63, 3.8) is 0 Å². The van der Waals surface area contributed by atoms with Crippen LogP contribution in [0.25, 0.3) is 17.2 Å². The molecular weight excluding hydrogens is 371 g/mol. The summed E-state index contributed by atoms with van der Waals surface area (Å²) in [6, 6.07) is 10.7. The fourth-order valence-corrected chi connectivity index (χ4v) is 5.18. The summed E-state index contributed by atoms with van der Waals surface area (Å²) in [5.74, 6) is 1.81. The molecule has 2 aliphatic rings. The van der Waals surface area contributed by atoms with Gasteiger partial charge in [0.05, 0.1) is 5.69 Å². The van der Waals surface area contributed by atoms with Crippen LogP contribution in [0.5, 0.6) is 0 Å². The maximum Gasteiger partial charge on any atom is 0.123 e. The van der Waals surface area contributed by atoms with Crippen molar-refractivity contribution in [1.82, 2.24) is 9.88 Å². The minimum absolute atomic E-state index is 0.218. The molecule has 2 heterocycles. The molecule has 0 radical (unpaired) electrons. The molecule has 30 heavy (non-hydrogen) atoms. The molecule has 3 unspecified atom stereocenters. The Morgan fingerprint density at radius 1 is 1.17 bits per heavy atom.